The van der Waals surface area contributed by atoms with Crippen LogP contribution in [0.2, 0.25) is 0 Å². The Balaban J connectivity index is 2.13. The smallest absolute Gasteiger partial charge is 0.348 e. The molecule has 1 heterocycles. The first-order valence-corrected chi connectivity index (χ1v) is 7.56. The topological polar surface area (TPSA) is 77.8 Å². The van der Waals surface area contributed by atoms with Gasteiger partial charge in [-0.05, 0) is 38.0 Å². The first kappa shape index (κ1) is 17.6. The highest BCUT2D eigenvalue weighted by molar-refractivity contribution is 5.98. The van der Waals surface area contributed by atoms with Crippen LogP contribution >= 0.6 is 0 Å². The molecule has 128 valence electrons. The van der Waals surface area contributed by atoms with Crippen LogP contribution in [-0.2, 0) is 6.42 Å². The van der Waals surface area contributed by atoms with Gasteiger partial charge in [0.05, 0.1) is 19.9 Å². The van der Waals surface area contributed by atoms with E-state index in [4.69, 9.17) is 13.9 Å². The standard InChI is InChI=1S/C18H21NO5/c1-11-9-14(17(12(2)20)18(21)24-11)19-8-7-13-5-6-15(22-3)16(10-13)23-4/h5-6,9-10,19H,7-8H2,1-4H3. The molecule has 0 radical (unpaired) electrons. The van der Waals surface area contributed by atoms with Crippen molar-refractivity contribution in [2.45, 2.75) is 20.3 Å². The van der Waals surface area contributed by atoms with Gasteiger partial charge < -0.3 is 19.2 Å². The predicted octanol–water partition coefficient (Wildman–Crippen LogP) is 2.82. The van der Waals surface area contributed by atoms with Crippen LogP contribution in [0.1, 0.15) is 28.6 Å². The van der Waals surface area contributed by atoms with E-state index in [1.165, 1.54) is 6.92 Å². The van der Waals surface area contributed by atoms with Crippen LogP contribution in [0.15, 0.2) is 33.5 Å². The molecule has 0 aliphatic carbocycles. The van der Waals surface area contributed by atoms with E-state index in [9.17, 15) is 9.59 Å². The number of nitrogens with one attached hydrogen (secondary N) is 1. The van der Waals surface area contributed by atoms with Gasteiger partial charge in [-0.1, -0.05) is 6.07 Å². The maximum atomic E-state index is 11.8. The zero-order valence-electron chi connectivity index (χ0n) is 14.3. The number of carbonyl (C=O) groups is 1. The number of ether oxygens (including phenoxy) is 2. The van der Waals surface area contributed by atoms with Crippen molar-refractivity contribution in [2.75, 3.05) is 26.1 Å². The monoisotopic (exact) mass is 331 g/mol. The number of hydrogen-bond acceptors (Lipinski definition) is 6. The van der Waals surface area contributed by atoms with Crippen LogP contribution in [0.4, 0.5) is 5.69 Å². The minimum atomic E-state index is -0.615. The zero-order chi connectivity index (χ0) is 17.7. The van der Waals surface area contributed by atoms with E-state index in [0.717, 1.165) is 5.56 Å². The Morgan fingerprint density at radius 3 is 2.50 bits per heavy atom. The van der Waals surface area contributed by atoms with Gasteiger partial charge in [-0.15, -0.1) is 0 Å². The Kier molecular flexibility index (Phi) is 5.63. The molecule has 1 N–H and O–H groups in total. The molecule has 24 heavy (non-hydrogen) atoms. The largest absolute Gasteiger partial charge is 0.493 e. The van der Waals surface area contributed by atoms with Crippen molar-refractivity contribution in [2.24, 2.45) is 0 Å². The van der Waals surface area contributed by atoms with Gasteiger partial charge in [-0.2, -0.15) is 0 Å². The Bertz CT molecular complexity index is 794. The summed E-state index contributed by atoms with van der Waals surface area (Å²) in [4.78, 5) is 23.5. The molecule has 0 fully saturated rings. The molecule has 0 amide bonds. The van der Waals surface area contributed by atoms with Gasteiger partial charge in [-0.3, -0.25) is 4.79 Å². The van der Waals surface area contributed by atoms with Crippen molar-refractivity contribution in [1.82, 2.24) is 0 Å². The number of rotatable bonds is 7. The lowest BCUT2D eigenvalue weighted by molar-refractivity contribution is 0.101. The normalized spacial score (nSPS) is 10.3. The van der Waals surface area contributed by atoms with Gasteiger partial charge in [0, 0.05) is 12.6 Å². The molecule has 1 aromatic carbocycles. The second-order valence-electron chi connectivity index (χ2n) is 5.36. The molecule has 1 aromatic heterocycles. The number of carbonyl (C=O) groups excluding carboxylic acids is 1. The van der Waals surface area contributed by atoms with E-state index in [0.29, 0.717) is 35.9 Å². The van der Waals surface area contributed by atoms with Gasteiger partial charge in [0.2, 0.25) is 0 Å². The van der Waals surface area contributed by atoms with E-state index in [2.05, 4.69) is 5.32 Å². The third kappa shape index (κ3) is 3.95. The molecule has 6 heteroatoms. The van der Waals surface area contributed by atoms with Crippen molar-refractivity contribution < 1.29 is 18.7 Å². The number of methoxy groups -OCH3 is 2. The summed E-state index contributed by atoms with van der Waals surface area (Å²) < 4.78 is 15.5. The fourth-order valence-corrected chi connectivity index (χ4v) is 2.46. The Labute approximate surface area is 140 Å². The molecular formula is C18H21NO5. The summed E-state index contributed by atoms with van der Waals surface area (Å²) in [5.74, 6) is 1.47. The molecule has 2 aromatic rings. The van der Waals surface area contributed by atoms with Crippen molar-refractivity contribution in [3.63, 3.8) is 0 Å². The van der Waals surface area contributed by atoms with Crippen molar-refractivity contribution in [3.8, 4) is 11.5 Å². The highest BCUT2D eigenvalue weighted by Gasteiger charge is 2.14. The number of Topliss-reactive ketones (excluding diaryl/α,β-unsaturated/α-hetero) is 1. The second-order valence-corrected chi connectivity index (χ2v) is 5.36. The first-order chi connectivity index (χ1) is 11.5. The first-order valence-electron chi connectivity index (χ1n) is 7.56. The average Bonchev–Trinajstić information content (AvgIpc) is 2.53. The molecule has 0 aliphatic heterocycles. The molecule has 0 bridgehead atoms. The van der Waals surface area contributed by atoms with Crippen LogP contribution in [0.3, 0.4) is 0 Å². The van der Waals surface area contributed by atoms with Gasteiger partial charge in [0.15, 0.2) is 17.3 Å². The lowest BCUT2D eigenvalue weighted by atomic mass is 10.1. The van der Waals surface area contributed by atoms with Gasteiger partial charge >= 0.3 is 5.63 Å². The third-order valence-electron chi connectivity index (χ3n) is 3.60. The van der Waals surface area contributed by atoms with E-state index in [1.54, 1.807) is 27.2 Å². The molecule has 0 saturated heterocycles. The Morgan fingerprint density at radius 1 is 1.17 bits per heavy atom. The Morgan fingerprint density at radius 2 is 1.88 bits per heavy atom. The molecule has 2 rings (SSSR count). The number of benzene rings is 1. The molecule has 0 unspecified atom stereocenters. The summed E-state index contributed by atoms with van der Waals surface area (Å²) in [5, 5.41) is 3.14. The molecular weight excluding hydrogens is 310 g/mol. The predicted molar refractivity (Wildman–Crippen MR) is 91.5 cm³/mol. The Hall–Kier alpha value is -2.76. The maximum Gasteiger partial charge on any atom is 0.348 e. The summed E-state index contributed by atoms with van der Waals surface area (Å²) in [5.41, 5.74) is 0.977. The van der Waals surface area contributed by atoms with E-state index < -0.39 is 5.63 Å². The number of aryl methyl sites for hydroxylation is 1. The van der Waals surface area contributed by atoms with Gasteiger partial charge in [0.1, 0.15) is 11.3 Å². The fourth-order valence-electron chi connectivity index (χ4n) is 2.46. The SMILES string of the molecule is COc1ccc(CCNc2cc(C)oc(=O)c2C(C)=O)cc1OC. The minimum absolute atomic E-state index is 0.0490. The minimum Gasteiger partial charge on any atom is -0.493 e. The zero-order valence-corrected chi connectivity index (χ0v) is 14.3. The second kappa shape index (κ2) is 7.68. The summed E-state index contributed by atoms with van der Waals surface area (Å²) in [6.07, 6.45) is 0.691. The van der Waals surface area contributed by atoms with E-state index >= 15 is 0 Å². The number of hydrogen-bond donors (Lipinski definition) is 1. The fraction of sp³-hybridized carbons (Fsp3) is 0.333. The summed E-state index contributed by atoms with van der Waals surface area (Å²) in [6.45, 7) is 3.57. The van der Waals surface area contributed by atoms with Crippen LogP contribution in [0.5, 0.6) is 11.5 Å². The van der Waals surface area contributed by atoms with Gasteiger partial charge in [0.25, 0.3) is 0 Å². The lowest BCUT2D eigenvalue weighted by Crippen LogP contribution is -2.17. The molecule has 0 aliphatic rings. The van der Waals surface area contributed by atoms with Crippen LogP contribution in [0, 0.1) is 6.92 Å². The average molecular weight is 331 g/mol. The molecule has 0 saturated carbocycles. The highest BCUT2D eigenvalue weighted by atomic mass is 16.5. The van der Waals surface area contributed by atoms with E-state index in [1.807, 2.05) is 18.2 Å². The van der Waals surface area contributed by atoms with Crippen LogP contribution in [-0.4, -0.2) is 26.5 Å². The summed E-state index contributed by atoms with van der Waals surface area (Å²) in [7, 11) is 3.18. The molecule has 0 atom stereocenters. The van der Waals surface area contributed by atoms with Gasteiger partial charge in [-0.25, -0.2) is 4.79 Å². The van der Waals surface area contributed by atoms with Crippen LogP contribution < -0.4 is 20.4 Å². The number of anilines is 1. The quantitative estimate of drug-likeness (QED) is 0.786. The van der Waals surface area contributed by atoms with Crippen LogP contribution in [0.25, 0.3) is 0 Å². The van der Waals surface area contributed by atoms with Crippen molar-refractivity contribution >= 4 is 11.5 Å². The van der Waals surface area contributed by atoms with E-state index in [-0.39, 0.29) is 11.3 Å². The third-order valence-corrected chi connectivity index (χ3v) is 3.60. The summed E-state index contributed by atoms with van der Waals surface area (Å²) in [6, 6.07) is 7.35. The molecule has 0 spiro atoms. The number of ketones is 1. The summed E-state index contributed by atoms with van der Waals surface area (Å²) >= 11 is 0. The van der Waals surface area contributed by atoms with Crippen molar-refractivity contribution in [3.05, 3.63) is 51.6 Å². The maximum absolute atomic E-state index is 11.8. The molecule has 6 nitrogen and oxygen atoms in total. The van der Waals surface area contributed by atoms with Crippen molar-refractivity contribution in [1.29, 1.82) is 0 Å². The lowest BCUT2D eigenvalue weighted by Gasteiger charge is -2.12. The highest BCUT2D eigenvalue weighted by Crippen LogP contribution is 2.27.